The van der Waals surface area contributed by atoms with E-state index in [1.165, 1.54) is 6.26 Å². The maximum Gasteiger partial charge on any atom is 0.147 e. The molecule has 1 aromatic heterocycles. The Balaban J connectivity index is 2.79. The maximum atomic E-state index is 11.2. The van der Waals surface area contributed by atoms with Crippen molar-refractivity contribution >= 4 is 15.7 Å². The lowest BCUT2D eigenvalue weighted by atomic mass is 10.0. The minimum absolute atomic E-state index is 0.164. The van der Waals surface area contributed by atoms with Gasteiger partial charge >= 0.3 is 0 Å². The van der Waals surface area contributed by atoms with Crippen molar-refractivity contribution in [1.82, 2.24) is 9.97 Å². The lowest BCUT2D eigenvalue weighted by Crippen LogP contribution is -2.33. The van der Waals surface area contributed by atoms with Gasteiger partial charge < -0.3 is 5.32 Å². The van der Waals surface area contributed by atoms with Crippen molar-refractivity contribution in [3.05, 3.63) is 17.6 Å². The highest BCUT2D eigenvalue weighted by Gasteiger charge is 2.20. The first kappa shape index (κ1) is 15.9. The van der Waals surface area contributed by atoms with Gasteiger partial charge in [0, 0.05) is 23.6 Å². The molecule has 0 unspecified atom stereocenters. The minimum Gasteiger partial charge on any atom is -0.365 e. The molecule has 1 rings (SSSR count). The van der Waals surface area contributed by atoms with Gasteiger partial charge in [-0.1, -0.05) is 6.92 Å². The predicted molar refractivity (Wildman–Crippen MR) is 78.2 cm³/mol. The number of aromatic nitrogens is 2. The lowest BCUT2D eigenvalue weighted by Gasteiger charge is -2.27. The van der Waals surface area contributed by atoms with Crippen LogP contribution in [-0.2, 0) is 16.3 Å². The molecular weight excluding hydrogens is 262 g/mol. The molecule has 0 spiro atoms. The molecule has 0 aromatic carbocycles. The fourth-order valence-corrected chi connectivity index (χ4v) is 2.61. The monoisotopic (exact) mass is 285 g/mol. The zero-order valence-corrected chi connectivity index (χ0v) is 13.1. The van der Waals surface area contributed by atoms with E-state index in [2.05, 4.69) is 15.3 Å². The van der Waals surface area contributed by atoms with Crippen molar-refractivity contribution in [1.29, 1.82) is 0 Å². The zero-order valence-electron chi connectivity index (χ0n) is 12.3. The molecule has 6 heteroatoms. The molecule has 108 valence electrons. The normalized spacial score (nSPS) is 12.5. The quantitative estimate of drug-likeness (QED) is 0.865. The van der Waals surface area contributed by atoms with Gasteiger partial charge in [-0.3, -0.25) is 0 Å². The summed E-state index contributed by atoms with van der Waals surface area (Å²) in [6, 6.07) is 1.91. The van der Waals surface area contributed by atoms with E-state index < -0.39 is 9.84 Å². The summed E-state index contributed by atoms with van der Waals surface area (Å²) in [7, 11) is -2.94. The van der Waals surface area contributed by atoms with Crippen molar-refractivity contribution in [2.24, 2.45) is 0 Å². The van der Waals surface area contributed by atoms with Gasteiger partial charge in [-0.05, 0) is 33.6 Å². The highest BCUT2D eigenvalue weighted by atomic mass is 32.2. The molecular formula is C13H23N3O2S. The number of sulfone groups is 1. The van der Waals surface area contributed by atoms with Gasteiger partial charge in [0.15, 0.2) is 0 Å². The zero-order chi connectivity index (χ0) is 14.7. The Morgan fingerprint density at radius 1 is 1.32 bits per heavy atom. The molecule has 1 aromatic rings. The van der Waals surface area contributed by atoms with Crippen LogP contribution in [0.3, 0.4) is 0 Å². The molecule has 19 heavy (non-hydrogen) atoms. The Bertz CT molecular complexity index is 539. The Kier molecular flexibility index (Phi) is 4.90. The van der Waals surface area contributed by atoms with Crippen molar-refractivity contribution < 1.29 is 8.42 Å². The fraction of sp³-hybridized carbons (Fsp3) is 0.692. The number of nitrogens with one attached hydrogen (secondary N) is 1. The number of aryl methyl sites for hydroxylation is 2. The molecule has 0 aliphatic rings. The summed E-state index contributed by atoms with van der Waals surface area (Å²) in [4.78, 5) is 8.66. The Morgan fingerprint density at radius 2 is 1.95 bits per heavy atom. The average molecular weight is 285 g/mol. The van der Waals surface area contributed by atoms with Crippen LogP contribution < -0.4 is 5.32 Å². The van der Waals surface area contributed by atoms with Crippen LogP contribution in [0.15, 0.2) is 6.07 Å². The predicted octanol–water partition coefficient (Wildman–Crippen LogP) is 1.97. The van der Waals surface area contributed by atoms with Gasteiger partial charge in [0.2, 0.25) is 0 Å². The number of anilines is 1. The van der Waals surface area contributed by atoms with Gasteiger partial charge in [-0.2, -0.15) is 0 Å². The van der Waals surface area contributed by atoms with Crippen molar-refractivity contribution in [3.63, 3.8) is 0 Å². The van der Waals surface area contributed by atoms with Gasteiger partial charge in [-0.25, -0.2) is 18.4 Å². The summed E-state index contributed by atoms with van der Waals surface area (Å²) < 4.78 is 22.5. The second-order valence-corrected chi connectivity index (χ2v) is 7.79. The van der Waals surface area contributed by atoms with E-state index in [0.29, 0.717) is 6.42 Å². The Morgan fingerprint density at radius 3 is 2.47 bits per heavy atom. The Labute approximate surface area is 115 Å². The van der Waals surface area contributed by atoms with E-state index in [1.54, 1.807) is 0 Å². The van der Waals surface area contributed by atoms with Gasteiger partial charge in [0.05, 0.1) is 5.75 Å². The van der Waals surface area contributed by atoms with Gasteiger partial charge in [0.1, 0.15) is 21.5 Å². The van der Waals surface area contributed by atoms with Gasteiger partial charge in [-0.15, -0.1) is 0 Å². The molecule has 5 nitrogen and oxygen atoms in total. The first-order valence-corrected chi connectivity index (χ1v) is 8.48. The highest BCUT2D eigenvalue weighted by molar-refractivity contribution is 7.90. The third kappa shape index (κ3) is 6.00. The molecule has 0 amide bonds. The van der Waals surface area contributed by atoms with E-state index in [0.717, 1.165) is 23.8 Å². The molecule has 1 heterocycles. The van der Waals surface area contributed by atoms with Crippen LogP contribution >= 0.6 is 0 Å². The second-order valence-electron chi connectivity index (χ2n) is 5.53. The third-order valence-electron chi connectivity index (χ3n) is 2.82. The van der Waals surface area contributed by atoms with Crippen molar-refractivity contribution in [2.75, 3.05) is 17.3 Å². The van der Waals surface area contributed by atoms with E-state index in [4.69, 9.17) is 0 Å². The molecule has 0 saturated carbocycles. The van der Waals surface area contributed by atoms with Gasteiger partial charge in [0.25, 0.3) is 0 Å². The van der Waals surface area contributed by atoms with Crippen LogP contribution in [0.5, 0.6) is 0 Å². The topological polar surface area (TPSA) is 72.0 Å². The third-order valence-corrected chi connectivity index (χ3v) is 3.76. The largest absolute Gasteiger partial charge is 0.365 e. The lowest BCUT2D eigenvalue weighted by molar-refractivity contribution is 0.533. The summed E-state index contributed by atoms with van der Waals surface area (Å²) in [5.41, 5.74) is 0.656. The van der Waals surface area contributed by atoms with Crippen LogP contribution in [0.4, 0.5) is 5.82 Å². The van der Waals surface area contributed by atoms with Crippen LogP contribution in [0, 0.1) is 6.92 Å². The molecule has 0 bridgehead atoms. The van der Waals surface area contributed by atoms with Crippen LogP contribution in [0.2, 0.25) is 0 Å². The molecule has 0 saturated heterocycles. The summed E-state index contributed by atoms with van der Waals surface area (Å²) in [6.45, 7) is 7.84. The average Bonchev–Trinajstić information content (AvgIpc) is 2.24. The van der Waals surface area contributed by atoms with Crippen molar-refractivity contribution in [3.8, 4) is 0 Å². The molecule has 0 atom stereocenters. The summed E-state index contributed by atoms with van der Waals surface area (Å²) >= 11 is 0. The highest BCUT2D eigenvalue weighted by Crippen LogP contribution is 2.18. The number of hydrogen-bond donors (Lipinski definition) is 1. The number of nitrogens with zero attached hydrogens (tertiary/aromatic N) is 2. The van der Waals surface area contributed by atoms with Crippen LogP contribution in [-0.4, -0.2) is 35.9 Å². The second kappa shape index (κ2) is 5.86. The molecule has 0 aliphatic carbocycles. The minimum atomic E-state index is -2.94. The molecule has 1 N–H and O–H groups in total. The SMILES string of the molecule is CCc1cc(NC(C)(C)CCS(C)(=O)=O)nc(C)n1. The Hall–Kier alpha value is -1.17. The summed E-state index contributed by atoms with van der Waals surface area (Å²) in [6.07, 6.45) is 2.64. The number of rotatable bonds is 6. The van der Waals surface area contributed by atoms with E-state index >= 15 is 0 Å². The summed E-state index contributed by atoms with van der Waals surface area (Å²) in [5, 5.41) is 3.29. The summed E-state index contributed by atoms with van der Waals surface area (Å²) in [5.74, 6) is 1.64. The van der Waals surface area contributed by atoms with Crippen molar-refractivity contribution in [2.45, 2.75) is 46.1 Å². The maximum absolute atomic E-state index is 11.2. The molecule has 0 fully saturated rings. The smallest absolute Gasteiger partial charge is 0.147 e. The van der Waals surface area contributed by atoms with Crippen LogP contribution in [0.25, 0.3) is 0 Å². The molecule has 0 radical (unpaired) electrons. The standard InChI is InChI=1S/C13H23N3O2S/c1-6-11-9-12(15-10(2)14-11)16-13(3,4)7-8-19(5,17)18/h9H,6-8H2,1-5H3,(H,14,15,16). The van der Waals surface area contributed by atoms with E-state index in [9.17, 15) is 8.42 Å². The fourth-order valence-electron chi connectivity index (χ4n) is 1.72. The molecule has 0 aliphatic heterocycles. The first-order valence-electron chi connectivity index (χ1n) is 6.42. The number of hydrogen-bond acceptors (Lipinski definition) is 5. The van der Waals surface area contributed by atoms with Crippen LogP contribution in [0.1, 0.15) is 38.7 Å². The van der Waals surface area contributed by atoms with E-state index in [1.807, 2.05) is 33.8 Å². The van der Waals surface area contributed by atoms with E-state index in [-0.39, 0.29) is 11.3 Å². The first-order chi connectivity index (χ1) is 8.61.